The molecule has 2 aromatic rings. The normalized spacial score (nSPS) is 14.4. The summed E-state index contributed by atoms with van der Waals surface area (Å²) in [5, 5.41) is 3.40. The molecular formula is C20H19ClN2O5. The first-order valence-electron chi connectivity index (χ1n) is 8.65. The van der Waals surface area contributed by atoms with E-state index in [1.807, 2.05) is 0 Å². The zero-order chi connectivity index (χ0) is 20.1. The lowest BCUT2D eigenvalue weighted by molar-refractivity contribution is -0.141. The van der Waals surface area contributed by atoms with Crippen molar-refractivity contribution in [1.29, 1.82) is 0 Å². The largest absolute Gasteiger partial charge is 0.469 e. The minimum atomic E-state index is -0.564. The molecule has 0 spiro atoms. The van der Waals surface area contributed by atoms with Gasteiger partial charge in [0.15, 0.2) is 0 Å². The molecule has 8 heteroatoms. The van der Waals surface area contributed by atoms with Gasteiger partial charge in [0.1, 0.15) is 6.61 Å². The van der Waals surface area contributed by atoms with E-state index in [1.54, 1.807) is 48.5 Å². The Morgan fingerprint density at radius 3 is 2.43 bits per heavy atom. The zero-order valence-corrected chi connectivity index (χ0v) is 15.9. The van der Waals surface area contributed by atoms with Crippen molar-refractivity contribution in [2.24, 2.45) is 0 Å². The predicted octanol–water partition coefficient (Wildman–Crippen LogP) is 3.33. The lowest BCUT2D eigenvalue weighted by Gasteiger charge is -2.19. The lowest BCUT2D eigenvalue weighted by Crippen LogP contribution is -2.30. The first kappa shape index (κ1) is 19.7. The summed E-state index contributed by atoms with van der Waals surface area (Å²) in [6, 6.07) is 12.9. The maximum atomic E-state index is 12.7. The van der Waals surface area contributed by atoms with Gasteiger partial charge >= 0.3 is 12.1 Å². The molecule has 1 aliphatic heterocycles. The standard InChI is InChI=1S/C20H19ClN2O5/c1-27-18(24)12-17(13-2-6-15(21)7-3-13)22-19(25)14-4-8-16(9-5-14)23-10-11-28-20(23)26/h2-9,17H,10-12H2,1H3,(H,22,25). The SMILES string of the molecule is COC(=O)CC(NC(=O)c1ccc(N2CCOC2=O)cc1)c1ccc(Cl)cc1. The van der Waals surface area contributed by atoms with E-state index in [9.17, 15) is 14.4 Å². The second-order valence-corrected chi connectivity index (χ2v) is 6.61. The van der Waals surface area contributed by atoms with Crippen LogP contribution in [0.1, 0.15) is 28.4 Å². The van der Waals surface area contributed by atoms with E-state index in [0.717, 1.165) is 5.56 Å². The van der Waals surface area contributed by atoms with Crippen LogP contribution in [0.3, 0.4) is 0 Å². The summed E-state index contributed by atoms with van der Waals surface area (Å²) in [4.78, 5) is 37.5. The van der Waals surface area contributed by atoms with Crippen molar-refractivity contribution in [2.75, 3.05) is 25.2 Å². The number of nitrogens with one attached hydrogen (secondary N) is 1. The number of halogens is 1. The summed E-state index contributed by atoms with van der Waals surface area (Å²) in [7, 11) is 1.30. The summed E-state index contributed by atoms with van der Waals surface area (Å²) in [6.45, 7) is 0.819. The molecular weight excluding hydrogens is 384 g/mol. The monoisotopic (exact) mass is 402 g/mol. The summed E-state index contributed by atoms with van der Waals surface area (Å²) < 4.78 is 9.64. The van der Waals surface area contributed by atoms with Crippen LogP contribution in [0.2, 0.25) is 5.02 Å². The van der Waals surface area contributed by atoms with Gasteiger partial charge in [-0.1, -0.05) is 23.7 Å². The van der Waals surface area contributed by atoms with Crippen molar-refractivity contribution in [3.05, 3.63) is 64.7 Å². The van der Waals surface area contributed by atoms with Crippen LogP contribution in [0.4, 0.5) is 10.5 Å². The van der Waals surface area contributed by atoms with Crippen molar-refractivity contribution in [1.82, 2.24) is 5.32 Å². The van der Waals surface area contributed by atoms with Crippen LogP contribution >= 0.6 is 11.6 Å². The summed E-state index contributed by atoms with van der Waals surface area (Å²) in [5.41, 5.74) is 1.79. The van der Waals surface area contributed by atoms with Gasteiger partial charge in [-0.25, -0.2) is 4.79 Å². The molecule has 1 saturated heterocycles. The molecule has 146 valence electrons. The van der Waals surface area contributed by atoms with Crippen molar-refractivity contribution in [3.63, 3.8) is 0 Å². The third-order valence-electron chi connectivity index (χ3n) is 4.38. The van der Waals surface area contributed by atoms with Gasteiger partial charge in [0, 0.05) is 16.3 Å². The molecule has 1 aliphatic rings. The van der Waals surface area contributed by atoms with Gasteiger partial charge in [-0.3, -0.25) is 14.5 Å². The van der Waals surface area contributed by atoms with E-state index in [-0.39, 0.29) is 12.3 Å². The van der Waals surface area contributed by atoms with E-state index < -0.39 is 18.1 Å². The number of anilines is 1. The highest BCUT2D eigenvalue weighted by Gasteiger charge is 2.24. The first-order valence-corrected chi connectivity index (χ1v) is 9.03. The molecule has 0 aromatic heterocycles. The van der Waals surface area contributed by atoms with Crippen LogP contribution in [-0.4, -0.2) is 38.2 Å². The molecule has 0 saturated carbocycles. The molecule has 28 heavy (non-hydrogen) atoms. The van der Waals surface area contributed by atoms with Crippen LogP contribution in [0.5, 0.6) is 0 Å². The van der Waals surface area contributed by atoms with Crippen molar-refractivity contribution < 1.29 is 23.9 Å². The van der Waals surface area contributed by atoms with Gasteiger partial charge in [-0.2, -0.15) is 0 Å². The van der Waals surface area contributed by atoms with Crippen molar-refractivity contribution >= 4 is 35.3 Å². The molecule has 0 radical (unpaired) electrons. The fourth-order valence-corrected chi connectivity index (χ4v) is 2.99. The number of nitrogens with zero attached hydrogens (tertiary/aromatic N) is 1. The molecule has 0 aliphatic carbocycles. The zero-order valence-electron chi connectivity index (χ0n) is 15.2. The predicted molar refractivity (Wildman–Crippen MR) is 103 cm³/mol. The van der Waals surface area contributed by atoms with E-state index in [4.69, 9.17) is 21.1 Å². The quantitative estimate of drug-likeness (QED) is 0.749. The van der Waals surface area contributed by atoms with Gasteiger partial charge in [0.05, 0.1) is 26.1 Å². The molecule has 1 fully saturated rings. The van der Waals surface area contributed by atoms with Gasteiger partial charge in [-0.05, 0) is 42.0 Å². The topological polar surface area (TPSA) is 84.9 Å². The Morgan fingerprint density at radius 2 is 1.86 bits per heavy atom. The van der Waals surface area contributed by atoms with E-state index >= 15 is 0 Å². The van der Waals surface area contributed by atoms with Crippen LogP contribution in [0, 0.1) is 0 Å². The summed E-state index contributed by atoms with van der Waals surface area (Å²) >= 11 is 5.91. The van der Waals surface area contributed by atoms with Crippen LogP contribution < -0.4 is 10.2 Å². The van der Waals surface area contributed by atoms with E-state index in [2.05, 4.69) is 5.32 Å². The first-order chi connectivity index (χ1) is 13.5. The average molecular weight is 403 g/mol. The maximum Gasteiger partial charge on any atom is 0.414 e. The Hall–Kier alpha value is -3.06. The van der Waals surface area contributed by atoms with Crippen LogP contribution in [-0.2, 0) is 14.3 Å². The number of carbonyl (C=O) groups is 3. The number of cyclic esters (lactones) is 1. The molecule has 1 unspecified atom stereocenters. The minimum Gasteiger partial charge on any atom is -0.469 e. The van der Waals surface area contributed by atoms with Crippen molar-refractivity contribution in [2.45, 2.75) is 12.5 Å². The Labute approximate surface area is 167 Å². The third kappa shape index (κ3) is 4.61. The Bertz CT molecular complexity index is 867. The maximum absolute atomic E-state index is 12.7. The number of amides is 2. The highest BCUT2D eigenvalue weighted by atomic mass is 35.5. The fourth-order valence-electron chi connectivity index (χ4n) is 2.86. The van der Waals surface area contributed by atoms with Crippen LogP contribution in [0.25, 0.3) is 0 Å². The summed E-state index contributed by atoms with van der Waals surface area (Å²) in [5.74, 6) is -0.789. The smallest absolute Gasteiger partial charge is 0.414 e. The second-order valence-electron chi connectivity index (χ2n) is 6.17. The van der Waals surface area contributed by atoms with Crippen molar-refractivity contribution in [3.8, 4) is 0 Å². The number of esters is 1. The minimum absolute atomic E-state index is 0.0123. The number of carbonyl (C=O) groups excluding carboxylic acids is 3. The fraction of sp³-hybridized carbons (Fsp3) is 0.250. The molecule has 0 bridgehead atoms. The molecule has 1 N–H and O–H groups in total. The Kier molecular flexibility index (Phi) is 6.16. The van der Waals surface area contributed by atoms with Gasteiger partial charge in [0.2, 0.25) is 0 Å². The number of methoxy groups -OCH3 is 1. The molecule has 2 amide bonds. The molecule has 1 heterocycles. The van der Waals surface area contributed by atoms with E-state index in [0.29, 0.717) is 29.4 Å². The van der Waals surface area contributed by atoms with Gasteiger partial charge in [0.25, 0.3) is 5.91 Å². The number of ether oxygens (including phenoxy) is 2. The number of rotatable bonds is 6. The Balaban J connectivity index is 1.74. The number of hydrogen-bond donors (Lipinski definition) is 1. The highest BCUT2D eigenvalue weighted by Crippen LogP contribution is 2.22. The van der Waals surface area contributed by atoms with Gasteiger partial charge < -0.3 is 14.8 Å². The molecule has 1 atom stereocenters. The molecule has 2 aromatic carbocycles. The lowest BCUT2D eigenvalue weighted by atomic mass is 10.0. The highest BCUT2D eigenvalue weighted by molar-refractivity contribution is 6.30. The third-order valence-corrected chi connectivity index (χ3v) is 4.63. The van der Waals surface area contributed by atoms with E-state index in [1.165, 1.54) is 12.0 Å². The molecule has 3 rings (SSSR count). The molecule has 7 nitrogen and oxygen atoms in total. The summed E-state index contributed by atoms with van der Waals surface area (Å²) in [6.07, 6.45) is -0.417. The van der Waals surface area contributed by atoms with Gasteiger partial charge in [-0.15, -0.1) is 0 Å². The number of benzene rings is 2. The second kappa shape index (κ2) is 8.75. The average Bonchev–Trinajstić information content (AvgIpc) is 3.14. The van der Waals surface area contributed by atoms with Crippen LogP contribution in [0.15, 0.2) is 48.5 Å². The Morgan fingerprint density at radius 1 is 1.18 bits per heavy atom. The number of hydrogen-bond acceptors (Lipinski definition) is 5.